The number of hydrogen-bond donors (Lipinski definition) is 1. The molecule has 0 heterocycles. The molecule has 7 nitrogen and oxygen atoms in total. The number of sulfonamides is 1. The van der Waals surface area contributed by atoms with E-state index in [1.807, 2.05) is 0 Å². The van der Waals surface area contributed by atoms with E-state index in [1.165, 1.54) is 13.1 Å². The average Bonchev–Trinajstić information content (AvgIpc) is 2.64. The van der Waals surface area contributed by atoms with Crippen LogP contribution in [-0.2, 0) is 14.8 Å². The lowest BCUT2D eigenvalue weighted by molar-refractivity contribution is -0.111. The highest BCUT2D eigenvalue weighted by Crippen LogP contribution is 2.28. The fourth-order valence-corrected chi connectivity index (χ4v) is 2.78. The number of nitrogens with zero attached hydrogens (tertiary/aromatic N) is 1. The molecule has 1 amide bonds. The quantitative estimate of drug-likeness (QED) is 0.735. The zero-order valence-corrected chi connectivity index (χ0v) is 16.4. The van der Waals surface area contributed by atoms with E-state index in [2.05, 4.69) is 5.32 Å². The van der Waals surface area contributed by atoms with E-state index in [-0.39, 0.29) is 5.91 Å². The van der Waals surface area contributed by atoms with Crippen LogP contribution in [0.15, 0.2) is 48.5 Å². The van der Waals surface area contributed by atoms with Gasteiger partial charge in [0, 0.05) is 18.8 Å². The van der Waals surface area contributed by atoms with Crippen molar-refractivity contribution in [3.8, 4) is 11.5 Å². The minimum Gasteiger partial charge on any atom is -0.493 e. The van der Waals surface area contributed by atoms with Crippen LogP contribution in [0.5, 0.6) is 11.5 Å². The van der Waals surface area contributed by atoms with Crippen molar-refractivity contribution >= 4 is 33.4 Å². The van der Waals surface area contributed by atoms with Crippen LogP contribution in [0.4, 0.5) is 11.4 Å². The smallest absolute Gasteiger partial charge is 0.248 e. The highest BCUT2D eigenvalue weighted by Gasteiger charge is 2.12. The summed E-state index contributed by atoms with van der Waals surface area (Å²) in [6, 6.07) is 11.9. The van der Waals surface area contributed by atoms with Gasteiger partial charge in [0.05, 0.1) is 26.2 Å². The predicted octanol–water partition coefficient (Wildman–Crippen LogP) is 2.75. The Hall–Kier alpha value is -3.00. The molecule has 0 atom stereocenters. The molecule has 1 N–H and O–H groups in total. The SMILES string of the molecule is COc1ccc(C=CC(=O)Nc2cccc(N(C)S(C)(=O)=O)c2)cc1OC. The van der Waals surface area contributed by atoms with Crippen molar-refractivity contribution in [2.75, 3.05) is 37.1 Å². The molecule has 0 aliphatic rings. The Morgan fingerprint density at radius 2 is 1.78 bits per heavy atom. The molecule has 0 radical (unpaired) electrons. The van der Waals surface area contributed by atoms with E-state index >= 15 is 0 Å². The van der Waals surface area contributed by atoms with Gasteiger partial charge in [-0.1, -0.05) is 12.1 Å². The normalized spacial score (nSPS) is 11.3. The van der Waals surface area contributed by atoms with E-state index in [0.717, 1.165) is 16.1 Å². The third-order valence-electron chi connectivity index (χ3n) is 3.81. The zero-order chi connectivity index (χ0) is 20.0. The Kier molecular flexibility index (Phi) is 6.46. The van der Waals surface area contributed by atoms with Crippen LogP contribution in [-0.4, -0.2) is 41.8 Å². The highest BCUT2D eigenvalue weighted by molar-refractivity contribution is 7.92. The Morgan fingerprint density at radius 1 is 1.07 bits per heavy atom. The van der Waals surface area contributed by atoms with Crippen LogP contribution in [0, 0.1) is 0 Å². The van der Waals surface area contributed by atoms with Crippen LogP contribution >= 0.6 is 0 Å². The lowest BCUT2D eigenvalue weighted by Crippen LogP contribution is -2.24. The second kappa shape index (κ2) is 8.59. The molecule has 0 aliphatic carbocycles. The summed E-state index contributed by atoms with van der Waals surface area (Å²) < 4.78 is 34.8. The van der Waals surface area contributed by atoms with E-state index in [9.17, 15) is 13.2 Å². The van der Waals surface area contributed by atoms with Gasteiger partial charge in [-0.25, -0.2) is 8.42 Å². The molecule has 0 aliphatic heterocycles. The topological polar surface area (TPSA) is 84.9 Å². The lowest BCUT2D eigenvalue weighted by Gasteiger charge is -2.17. The number of ether oxygens (including phenoxy) is 2. The molecular formula is C19H22N2O5S. The van der Waals surface area contributed by atoms with Crippen molar-refractivity contribution in [3.05, 3.63) is 54.1 Å². The molecular weight excluding hydrogens is 368 g/mol. The van der Waals surface area contributed by atoms with Gasteiger partial charge in [0.1, 0.15) is 0 Å². The first-order chi connectivity index (χ1) is 12.7. The van der Waals surface area contributed by atoms with Crippen LogP contribution in [0.1, 0.15) is 5.56 Å². The number of nitrogens with one attached hydrogen (secondary N) is 1. The van der Waals surface area contributed by atoms with Gasteiger partial charge >= 0.3 is 0 Å². The van der Waals surface area contributed by atoms with Gasteiger partial charge < -0.3 is 14.8 Å². The summed E-state index contributed by atoms with van der Waals surface area (Å²) in [4.78, 5) is 12.2. The van der Waals surface area contributed by atoms with Crippen molar-refractivity contribution in [1.82, 2.24) is 0 Å². The minimum atomic E-state index is -3.38. The van der Waals surface area contributed by atoms with Gasteiger partial charge in [0.15, 0.2) is 11.5 Å². The Bertz CT molecular complexity index is 954. The van der Waals surface area contributed by atoms with Gasteiger partial charge in [-0.15, -0.1) is 0 Å². The number of benzene rings is 2. The van der Waals surface area contributed by atoms with E-state index < -0.39 is 10.0 Å². The summed E-state index contributed by atoms with van der Waals surface area (Å²) in [5.74, 6) is 0.825. The molecule has 0 bridgehead atoms. The molecule has 0 spiro atoms. The van der Waals surface area contributed by atoms with Gasteiger partial charge in [-0.3, -0.25) is 9.10 Å². The Morgan fingerprint density at radius 3 is 2.41 bits per heavy atom. The number of carbonyl (C=O) groups is 1. The summed E-state index contributed by atoms with van der Waals surface area (Å²) >= 11 is 0. The highest BCUT2D eigenvalue weighted by atomic mass is 32.2. The first-order valence-electron chi connectivity index (χ1n) is 7.99. The summed E-state index contributed by atoms with van der Waals surface area (Å²) in [7, 11) is 1.17. The molecule has 144 valence electrons. The monoisotopic (exact) mass is 390 g/mol. The maximum absolute atomic E-state index is 12.2. The number of carbonyl (C=O) groups excluding carboxylic acids is 1. The molecule has 8 heteroatoms. The third kappa shape index (κ3) is 5.49. The first-order valence-corrected chi connectivity index (χ1v) is 9.84. The number of hydrogen-bond acceptors (Lipinski definition) is 5. The van der Waals surface area contributed by atoms with Crippen molar-refractivity contribution in [2.24, 2.45) is 0 Å². The van der Waals surface area contributed by atoms with Crippen molar-refractivity contribution in [3.63, 3.8) is 0 Å². The Balaban J connectivity index is 2.11. The summed E-state index contributed by atoms with van der Waals surface area (Å²) in [5.41, 5.74) is 1.72. The van der Waals surface area contributed by atoms with Crippen molar-refractivity contribution in [1.29, 1.82) is 0 Å². The molecule has 2 aromatic carbocycles. The third-order valence-corrected chi connectivity index (χ3v) is 5.02. The van der Waals surface area contributed by atoms with Crippen LogP contribution in [0.25, 0.3) is 6.08 Å². The van der Waals surface area contributed by atoms with Crippen molar-refractivity contribution < 1.29 is 22.7 Å². The summed E-state index contributed by atoms with van der Waals surface area (Å²) in [6.07, 6.45) is 4.14. The van der Waals surface area contributed by atoms with E-state index in [0.29, 0.717) is 22.9 Å². The van der Waals surface area contributed by atoms with Gasteiger partial charge in [-0.2, -0.15) is 0 Å². The molecule has 2 aromatic rings. The summed E-state index contributed by atoms with van der Waals surface area (Å²) in [6.45, 7) is 0. The van der Waals surface area contributed by atoms with E-state index in [4.69, 9.17) is 9.47 Å². The molecule has 0 saturated carbocycles. The molecule has 2 rings (SSSR count). The minimum absolute atomic E-state index is 0.344. The van der Waals surface area contributed by atoms with Gasteiger partial charge in [0.25, 0.3) is 0 Å². The molecule has 0 fully saturated rings. The second-order valence-corrected chi connectivity index (χ2v) is 7.73. The second-order valence-electron chi connectivity index (χ2n) is 5.72. The van der Waals surface area contributed by atoms with Crippen LogP contribution in [0.3, 0.4) is 0 Å². The number of anilines is 2. The molecule has 27 heavy (non-hydrogen) atoms. The largest absolute Gasteiger partial charge is 0.493 e. The zero-order valence-electron chi connectivity index (χ0n) is 15.6. The van der Waals surface area contributed by atoms with Crippen LogP contribution < -0.4 is 19.1 Å². The maximum atomic E-state index is 12.2. The fourth-order valence-electron chi connectivity index (χ4n) is 2.28. The fraction of sp³-hybridized carbons (Fsp3) is 0.211. The van der Waals surface area contributed by atoms with Gasteiger partial charge in [-0.05, 0) is 42.0 Å². The number of rotatable bonds is 7. The standard InChI is InChI=1S/C19H22N2O5S/c1-21(27(4,23)24)16-7-5-6-15(13-16)20-19(22)11-9-14-8-10-17(25-2)18(12-14)26-3/h5-13H,1-4H3,(H,20,22). The Labute approximate surface area is 159 Å². The number of methoxy groups -OCH3 is 2. The predicted molar refractivity (Wildman–Crippen MR) is 107 cm³/mol. The first kappa shape index (κ1) is 20.3. The van der Waals surface area contributed by atoms with Crippen molar-refractivity contribution in [2.45, 2.75) is 0 Å². The average molecular weight is 390 g/mol. The van der Waals surface area contributed by atoms with Gasteiger partial charge in [0.2, 0.25) is 15.9 Å². The number of amides is 1. The molecule has 0 saturated heterocycles. The maximum Gasteiger partial charge on any atom is 0.248 e. The lowest BCUT2D eigenvalue weighted by atomic mass is 10.2. The van der Waals surface area contributed by atoms with Crippen LogP contribution in [0.2, 0.25) is 0 Å². The van der Waals surface area contributed by atoms with E-state index in [1.54, 1.807) is 62.8 Å². The molecule has 0 unspecified atom stereocenters. The summed E-state index contributed by atoms with van der Waals surface area (Å²) in [5, 5.41) is 2.71. The molecule has 0 aromatic heterocycles.